The second kappa shape index (κ2) is 15.0. The van der Waals surface area contributed by atoms with Crippen LogP contribution in [0, 0.1) is 0 Å². The van der Waals surface area contributed by atoms with Gasteiger partial charge in [0.2, 0.25) is 0 Å². The van der Waals surface area contributed by atoms with Crippen molar-refractivity contribution in [2.75, 3.05) is 0 Å². The number of benzene rings is 4. The van der Waals surface area contributed by atoms with Gasteiger partial charge in [-0.1, -0.05) is 143 Å². The Bertz CT molecular complexity index is 2850. The normalized spacial score (nSPS) is 14.9. The van der Waals surface area contributed by atoms with Gasteiger partial charge in [-0.2, -0.15) is 0 Å². The van der Waals surface area contributed by atoms with E-state index in [1.165, 1.54) is 0 Å². The largest absolute Gasteiger partial charge is 0.354 e. The summed E-state index contributed by atoms with van der Waals surface area (Å²) in [5.74, 6) is 0. The highest BCUT2D eigenvalue weighted by Gasteiger charge is 2.28. The number of fused-ring (bicyclic) bond motifs is 9. The van der Waals surface area contributed by atoms with Gasteiger partial charge >= 0.3 is 0 Å². The molecule has 0 unspecified atom stereocenters. The van der Waals surface area contributed by atoms with Crippen molar-refractivity contribution in [1.82, 2.24) is 4.98 Å². The maximum absolute atomic E-state index is 5.52. The van der Waals surface area contributed by atoms with E-state index in [0.29, 0.717) is 0 Å². The van der Waals surface area contributed by atoms with Gasteiger partial charge in [0.25, 0.3) is 0 Å². The lowest BCUT2D eigenvalue weighted by atomic mass is 9.93. The van der Waals surface area contributed by atoms with Crippen molar-refractivity contribution in [2.45, 2.75) is 0 Å². The lowest BCUT2D eigenvalue weighted by Crippen LogP contribution is -2.21. The minimum Gasteiger partial charge on any atom is -0.354 e. The Morgan fingerprint density at radius 3 is 1.05 bits per heavy atom. The lowest BCUT2D eigenvalue weighted by molar-refractivity contribution is 1.25. The predicted molar refractivity (Wildman–Crippen MR) is 250 cm³/mol. The zero-order valence-electron chi connectivity index (χ0n) is 30.1. The summed E-state index contributed by atoms with van der Waals surface area (Å²) < 4.78 is 4.08. The Labute approximate surface area is 363 Å². The van der Waals surface area contributed by atoms with Crippen LogP contribution in [-0.2, 0) is 0 Å². The van der Waals surface area contributed by atoms with Crippen LogP contribution in [0.5, 0.6) is 0 Å². The third-order valence-electron chi connectivity index (χ3n) is 10.5. The van der Waals surface area contributed by atoms with Crippen LogP contribution in [0.1, 0.15) is 33.4 Å². The molecule has 0 atom stereocenters. The van der Waals surface area contributed by atoms with Gasteiger partial charge in [-0.05, 0) is 136 Å². The highest BCUT2D eigenvalue weighted by atomic mass is 79.9. The molecular formula is C50H29Br4N3. The first kappa shape index (κ1) is 36.2. The number of aromatic nitrogens is 1. The smallest absolute Gasteiger partial charge is 0.0737 e. The number of H-pyrrole nitrogens is 1. The summed E-state index contributed by atoms with van der Waals surface area (Å²) in [6.07, 6.45) is 8.63. The van der Waals surface area contributed by atoms with Gasteiger partial charge in [0.15, 0.2) is 0 Å². The Morgan fingerprint density at radius 2 is 0.684 bits per heavy atom. The van der Waals surface area contributed by atoms with Crippen LogP contribution in [-0.4, -0.2) is 16.4 Å². The Kier molecular flexibility index (Phi) is 9.50. The SMILES string of the molecule is Brc1ccc(C2=C3C=CC(=N3)C(c3ccc(Br)cc3)=c3ccc([nH]3)=C(c3ccc(Br)cc3)C3=NC(=C(c4ccc(Br)cc4)c4cc2c2cccccc4-2)C=C3)cc1. The zero-order chi connectivity index (χ0) is 38.6. The number of aromatic amines is 1. The number of nitrogens with zero attached hydrogens (tertiary/aromatic N) is 2. The second-order valence-electron chi connectivity index (χ2n) is 14.0. The maximum Gasteiger partial charge on any atom is 0.0737 e. The van der Waals surface area contributed by atoms with E-state index >= 15 is 0 Å². The summed E-state index contributed by atoms with van der Waals surface area (Å²) in [5.41, 5.74) is 16.4. The van der Waals surface area contributed by atoms with E-state index in [9.17, 15) is 0 Å². The summed E-state index contributed by atoms with van der Waals surface area (Å²) in [6, 6.07) is 51.5. The molecule has 1 N–H and O–H groups in total. The van der Waals surface area contributed by atoms with Crippen molar-refractivity contribution < 1.29 is 0 Å². The molecule has 0 radical (unpaired) electrons. The maximum atomic E-state index is 5.52. The predicted octanol–water partition coefficient (Wildman–Crippen LogP) is 12.8. The van der Waals surface area contributed by atoms with Gasteiger partial charge in [-0.15, -0.1) is 0 Å². The fraction of sp³-hybridized carbons (Fsp3) is 0. The van der Waals surface area contributed by atoms with Crippen molar-refractivity contribution in [2.24, 2.45) is 9.98 Å². The van der Waals surface area contributed by atoms with E-state index in [-0.39, 0.29) is 0 Å². The van der Waals surface area contributed by atoms with Crippen LogP contribution in [0.4, 0.5) is 0 Å². The molecule has 0 saturated heterocycles. The van der Waals surface area contributed by atoms with E-state index in [0.717, 1.165) is 118 Å². The van der Waals surface area contributed by atoms with Gasteiger partial charge < -0.3 is 4.98 Å². The summed E-state index contributed by atoms with van der Waals surface area (Å²) >= 11 is 14.7. The minimum absolute atomic E-state index is 0.880. The zero-order valence-corrected chi connectivity index (χ0v) is 36.4. The summed E-state index contributed by atoms with van der Waals surface area (Å²) in [4.78, 5) is 14.9. The average molecular weight is 991 g/mol. The van der Waals surface area contributed by atoms with E-state index in [1.807, 2.05) is 0 Å². The Hall–Kier alpha value is -5.18. The van der Waals surface area contributed by atoms with Gasteiger partial charge in [-0.3, -0.25) is 0 Å². The molecule has 5 aliphatic rings. The molecule has 0 fully saturated rings. The molecule has 57 heavy (non-hydrogen) atoms. The monoisotopic (exact) mass is 987 g/mol. The number of hydrogen-bond donors (Lipinski definition) is 1. The molecule has 10 rings (SSSR count). The molecule has 7 heteroatoms. The lowest BCUT2D eigenvalue weighted by Gasteiger charge is -2.12. The first-order chi connectivity index (χ1) is 27.9. The summed E-state index contributed by atoms with van der Waals surface area (Å²) in [7, 11) is 0. The van der Waals surface area contributed by atoms with Gasteiger partial charge in [-0.25, -0.2) is 9.98 Å². The summed E-state index contributed by atoms with van der Waals surface area (Å²) in [6.45, 7) is 0. The number of aliphatic imine (C=N–C) groups is 2. The molecule has 3 nitrogen and oxygen atoms in total. The number of allylic oxidation sites excluding steroid dienone is 4. The quantitative estimate of drug-likeness (QED) is 0.183. The van der Waals surface area contributed by atoms with Crippen LogP contribution >= 0.6 is 63.7 Å². The van der Waals surface area contributed by atoms with Crippen molar-refractivity contribution >= 4 is 97.4 Å². The van der Waals surface area contributed by atoms with Crippen LogP contribution in [0.15, 0.2) is 209 Å². The van der Waals surface area contributed by atoms with Gasteiger partial charge in [0.05, 0.1) is 22.8 Å². The first-order valence-electron chi connectivity index (χ1n) is 18.4. The molecule has 1 aromatic heterocycles. The number of rotatable bonds is 4. The Morgan fingerprint density at radius 1 is 0.333 bits per heavy atom. The average Bonchev–Trinajstić information content (AvgIpc) is 4.03. The fourth-order valence-electron chi connectivity index (χ4n) is 7.93. The third-order valence-corrected chi connectivity index (χ3v) is 12.6. The van der Waals surface area contributed by atoms with Crippen molar-refractivity contribution in [3.05, 3.63) is 243 Å². The van der Waals surface area contributed by atoms with E-state index in [4.69, 9.17) is 9.98 Å². The molecule has 0 saturated carbocycles. The van der Waals surface area contributed by atoms with Crippen LogP contribution in [0.3, 0.4) is 0 Å². The third kappa shape index (κ3) is 6.76. The highest BCUT2D eigenvalue weighted by Crippen LogP contribution is 2.46. The molecule has 5 aromatic rings. The van der Waals surface area contributed by atoms with E-state index in [2.05, 4.69) is 239 Å². The van der Waals surface area contributed by atoms with Crippen LogP contribution in [0.25, 0.3) is 33.4 Å². The molecule has 0 spiro atoms. The molecule has 3 aliphatic heterocycles. The molecule has 8 bridgehead atoms. The van der Waals surface area contributed by atoms with Gasteiger partial charge in [0.1, 0.15) is 0 Å². The van der Waals surface area contributed by atoms with E-state index < -0.39 is 0 Å². The van der Waals surface area contributed by atoms with Crippen LogP contribution < -0.4 is 10.7 Å². The van der Waals surface area contributed by atoms with Crippen LogP contribution in [0.2, 0.25) is 0 Å². The molecule has 4 aromatic carbocycles. The Balaban J connectivity index is 1.38. The van der Waals surface area contributed by atoms with Crippen molar-refractivity contribution in [3.8, 4) is 11.1 Å². The van der Waals surface area contributed by atoms with Gasteiger partial charge in [0, 0.05) is 50.9 Å². The first-order valence-corrected chi connectivity index (χ1v) is 21.6. The number of halogens is 4. The number of nitrogens with one attached hydrogen (secondary N) is 1. The molecule has 272 valence electrons. The molecule has 4 heterocycles. The van der Waals surface area contributed by atoms with Crippen molar-refractivity contribution in [1.29, 1.82) is 0 Å². The molecule has 2 aliphatic carbocycles. The summed E-state index contributed by atoms with van der Waals surface area (Å²) in [5, 5.41) is 1.93. The molecule has 0 amide bonds. The fourth-order valence-corrected chi connectivity index (χ4v) is 8.99. The molecular weight excluding hydrogens is 962 g/mol. The standard InChI is InChI=1S/C50H29Br4N3/c51-33-14-6-29(7-15-33)47-39-28-40(38-5-3-1-2-4-37(38)39)48(30-8-16-34(52)17-9-30)42-23-25-44(56-42)50(32-12-20-36(54)21-13-32)46-27-26-45(57-46)49(43-24-22-41(47)55-43)31-10-18-35(53)19-11-31/h1-28,57H. The topological polar surface area (TPSA) is 40.5 Å². The highest BCUT2D eigenvalue weighted by molar-refractivity contribution is 9.11. The second-order valence-corrected chi connectivity index (χ2v) is 17.6. The van der Waals surface area contributed by atoms with E-state index in [1.54, 1.807) is 0 Å². The number of hydrogen-bond acceptors (Lipinski definition) is 2. The minimum atomic E-state index is 0.880. The van der Waals surface area contributed by atoms with Crippen molar-refractivity contribution in [3.63, 3.8) is 0 Å².